The normalized spacial score (nSPS) is 19.5. The number of para-hydroxylation sites is 1. The predicted molar refractivity (Wildman–Crippen MR) is 87.9 cm³/mol. The first-order chi connectivity index (χ1) is 10.4. The summed E-state index contributed by atoms with van der Waals surface area (Å²) in [5, 5.41) is 7.04. The van der Waals surface area contributed by atoms with Crippen molar-refractivity contribution in [1.82, 2.24) is 15.5 Å². The number of rotatable bonds is 3. The quantitative estimate of drug-likeness (QED) is 0.891. The van der Waals surface area contributed by atoms with Crippen molar-refractivity contribution in [3.05, 3.63) is 29.8 Å². The molecule has 1 aliphatic rings. The first-order valence-corrected chi connectivity index (χ1v) is 8.16. The van der Waals surface area contributed by atoms with Crippen molar-refractivity contribution in [2.75, 3.05) is 46.4 Å². The van der Waals surface area contributed by atoms with Gasteiger partial charge in [0.25, 0.3) is 0 Å². The van der Waals surface area contributed by atoms with E-state index in [4.69, 9.17) is 4.74 Å². The lowest BCUT2D eigenvalue weighted by atomic mass is 10.1. The van der Waals surface area contributed by atoms with Crippen LogP contribution in [-0.4, -0.2) is 51.3 Å². The maximum absolute atomic E-state index is 5.47. The maximum Gasteiger partial charge on any atom is 0.123 e. The summed E-state index contributed by atoms with van der Waals surface area (Å²) in [6, 6.07) is 8.35. The van der Waals surface area contributed by atoms with Crippen LogP contribution in [0.3, 0.4) is 0 Å². The number of ether oxygens (including phenoxy) is 1. The lowest BCUT2D eigenvalue weighted by Crippen LogP contribution is -2.32. The second-order valence-electron chi connectivity index (χ2n) is 5.65. The Morgan fingerprint density at radius 1 is 0.952 bits per heavy atom. The van der Waals surface area contributed by atoms with Gasteiger partial charge in [0, 0.05) is 12.1 Å². The standard InChI is InChI=1S/C17H29N3O/c1-21-17-8-3-2-7-16(17)15-20-13-5-11-18-9-4-10-19-12-6-14-20/h2-3,7-8,18-19H,4-6,9-15H2,1H3. The Labute approximate surface area is 128 Å². The molecule has 0 atom stereocenters. The smallest absolute Gasteiger partial charge is 0.123 e. The van der Waals surface area contributed by atoms with Gasteiger partial charge in [-0.2, -0.15) is 0 Å². The Morgan fingerprint density at radius 3 is 2.24 bits per heavy atom. The summed E-state index contributed by atoms with van der Waals surface area (Å²) in [6.07, 6.45) is 3.65. The molecule has 0 saturated carbocycles. The van der Waals surface area contributed by atoms with E-state index in [2.05, 4.69) is 33.7 Å². The summed E-state index contributed by atoms with van der Waals surface area (Å²) in [6.45, 7) is 7.74. The summed E-state index contributed by atoms with van der Waals surface area (Å²) in [7, 11) is 1.75. The summed E-state index contributed by atoms with van der Waals surface area (Å²) in [5.41, 5.74) is 1.29. The molecule has 0 bridgehead atoms. The molecule has 0 radical (unpaired) electrons. The van der Waals surface area contributed by atoms with Gasteiger partial charge in [-0.3, -0.25) is 4.90 Å². The van der Waals surface area contributed by atoms with Crippen molar-refractivity contribution in [1.29, 1.82) is 0 Å². The van der Waals surface area contributed by atoms with E-state index in [1.54, 1.807) is 7.11 Å². The van der Waals surface area contributed by atoms with Crippen molar-refractivity contribution in [3.8, 4) is 5.75 Å². The third kappa shape index (κ3) is 6.04. The Balaban J connectivity index is 1.90. The van der Waals surface area contributed by atoms with Gasteiger partial charge in [-0.15, -0.1) is 0 Å². The molecule has 1 aromatic rings. The number of benzene rings is 1. The maximum atomic E-state index is 5.47. The third-order valence-electron chi connectivity index (χ3n) is 3.95. The number of nitrogens with one attached hydrogen (secondary N) is 2. The molecule has 118 valence electrons. The zero-order chi connectivity index (χ0) is 14.8. The Bertz CT molecular complexity index is 385. The Morgan fingerprint density at radius 2 is 1.57 bits per heavy atom. The molecule has 1 saturated heterocycles. The van der Waals surface area contributed by atoms with Crippen LogP contribution >= 0.6 is 0 Å². The van der Waals surface area contributed by atoms with E-state index >= 15 is 0 Å². The van der Waals surface area contributed by atoms with Crippen molar-refractivity contribution >= 4 is 0 Å². The zero-order valence-electron chi connectivity index (χ0n) is 13.2. The Kier molecular flexibility index (Phi) is 7.57. The van der Waals surface area contributed by atoms with E-state index in [0.29, 0.717) is 0 Å². The molecule has 1 aliphatic heterocycles. The average molecular weight is 291 g/mol. The lowest BCUT2D eigenvalue weighted by molar-refractivity contribution is 0.251. The largest absolute Gasteiger partial charge is 0.496 e. The van der Waals surface area contributed by atoms with Gasteiger partial charge in [0.2, 0.25) is 0 Å². The monoisotopic (exact) mass is 291 g/mol. The molecule has 0 aromatic heterocycles. The van der Waals surface area contributed by atoms with Crippen LogP contribution in [0.2, 0.25) is 0 Å². The summed E-state index contributed by atoms with van der Waals surface area (Å²) >= 11 is 0. The summed E-state index contributed by atoms with van der Waals surface area (Å²) in [4.78, 5) is 2.54. The molecule has 0 unspecified atom stereocenters. The highest BCUT2D eigenvalue weighted by Crippen LogP contribution is 2.19. The molecule has 4 heteroatoms. The molecule has 21 heavy (non-hydrogen) atoms. The molecule has 1 aromatic carbocycles. The number of hydrogen-bond acceptors (Lipinski definition) is 4. The molecule has 1 heterocycles. The number of nitrogens with zero attached hydrogens (tertiary/aromatic N) is 1. The van der Waals surface area contributed by atoms with Crippen LogP contribution in [0, 0.1) is 0 Å². The fourth-order valence-corrected chi connectivity index (χ4v) is 2.79. The summed E-state index contributed by atoms with van der Waals surface area (Å²) in [5.74, 6) is 1.000. The van der Waals surface area contributed by atoms with Gasteiger partial charge in [-0.1, -0.05) is 18.2 Å². The average Bonchev–Trinajstić information content (AvgIpc) is 2.50. The van der Waals surface area contributed by atoms with Crippen LogP contribution in [-0.2, 0) is 6.54 Å². The van der Waals surface area contributed by atoms with Crippen LogP contribution < -0.4 is 15.4 Å². The molecule has 1 fully saturated rings. The van der Waals surface area contributed by atoms with Crippen LogP contribution in [0.25, 0.3) is 0 Å². The van der Waals surface area contributed by atoms with E-state index in [9.17, 15) is 0 Å². The van der Waals surface area contributed by atoms with E-state index in [0.717, 1.165) is 51.6 Å². The van der Waals surface area contributed by atoms with Gasteiger partial charge in [-0.25, -0.2) is 0 Å². The van der Waals surface area contributed by atoms with E-state index in [1.807, 2.05) is 6.07 Å². The van der Waals surface area contributed by atoms with Gasteiger partial charge in [0.1, 0.15) is 5.75 Å². The molecule has 0 spiro atoms. The molecule has 2 rings (SSSR count). The van der Waals surface area contributed by atoms with Gasteiger partial charge in [-0.05, 0) is 64.6 Å². The molecular formula is C17H29N3O. The number of methoxy groups -OCH3 is 1. The van der Waals surface area contributed by atoms with Crippen LogP contribution in [0.15, 0.2) is 24.3 Å². The van der Waals surface area contributed by atoms with Crippen molar-refractivity contribution in [2.24, 2.45) is 0 Å². The third-order valence-corrected chi connectivity index (χ3v) is 3.95. The lowest BCUT2D eigenvalue weighted by Gasteiger charge is -2.24. The summed E-state index contributed by atoms with van der Waals surface area (Å²) < 4.78 is 5.47. The second-order valence-corrected chi connectivity index (χ2v) is 5.65. The van der Waals surface area contributed by atoms with Crippen molar-refractivity contribution < 1.29 is 4.74 Å². The van der Waals surface area contributed by atoms with E-state index in [-0.39, 0.29) is 0 Å². The van der Waals surface area contributed by atoms with Crippen LogP contribution in [0.1, 0.15) is 24.8 Å². The van der Waals surface area contributed by atoms with Crippen molar-refractivity contribution in [3.63, 3.8) is 0 Å². The molecule has 0 aliphatic carbocycles. The van der Waals surface area contributed by atoms with Gasteiger partial charge in [0.05, 0.1) is 7.11 Å². The minimum atomic E-state index is 0.976. The second kappa shape index (κ2) is 9.77. The highest BCUT2D eigenvalue weighted by molar-refractivity contribution is 5.33. The fourth-order valence-electron chi connectivity index (χ4n) is 2.79. The minimum absolute atomic E-state index is 0.976. The van der Waals surface area contributed by atoms with Gasteiger partial charge < -0.3 is 15.4 Å². The first-order valence-electron chi connectivity index (χ1n) is 8.16. The molecule has 0 amide bonds. The van der Waals surface area contributed by atoms with Gasteiger partial charge in [0.15, 0.2) is 0 Å². The Hall–Kier alpha value is -1.10. The molecular weight excluding hydrogens is 262 g/mol. The molecule has 2 N–H and O–H groups in total. The van der Waals surface area contributed by atoms with E-state index < -0.39 is 0 Å². The first kappa shape index (κ1) is 16.3. The molecule has 4 nitrogen and oxygen atoms in total. The van der Waals surface area contributed by atoms with Crippen molar-refractivity contribution in [2.45, 2.75) is 25.8 Å². The highest BCUT2D eigenvalue weighted by atomic mass is 16.5. The predicted octanol–water partition coefficient (Wildman–Crippen LogP) is 1.86. The van der Waals surface area contributed by atoms with Gasteiger partial charge >= 0.3 is 0 Å². The minimum Gasteiger partial charge on any atom is -0.496 e. The topological polar surface area (TPSA) is 36.5 Å². The SMILES string of the molecule is COc1ccccc1CN1CCCNCCCNCCC1. The van der Waals surface area contributed by atoms with Crippen LogP contribution in [0.5, 0.6) is 5.75 Å². The van der Waals surface area contributed by atoms with Crippen LogP contribution in [0.4, 0.5) is 0 Å². The van der Waals surface area contributed by atoms with E-state index in [1.165, 1.54) is 24.8 Å². The number of hydrogen-bond donors (Lipinski definition) is 2. The zero-order valence-corrected chi connectivity index (χ0v) is 13.2. The fraction of sp³-hybridized carbons (Fsp3) is 0.647. The highest BCUT2D eigenvalue weighted by Gasteiger charge is 2.09.